The minimum atomic E-state index is -3.85. The highest BCUT2D eigenvalue weighted by Crippen LogP contribution is 2.46. The molecule has 3 atom stereocenters. The zero-order valence-corrected chi connectivity index (χ0v) is 23.5. The third-order valence-electron chi connectivity index (χ3n) is 5.72. The number of pyridine rings is 1. The number of nitrogens with one attached hydrogen (secondary N) is 1. The van der Waals surface area contributed by atoms with Crippen molar-refractivity contribution in [2.45, 2.75) is 46.1 Å². The van der Waals surface area contributed by atoms with Gasteiger partial charge >= 0.3 is 7.75 Å². The maximum Gasteiger partial charge on any atom is 0.459 e. The number of halogens is 1. The van der Waals surface area contributed by atoms with Crippen molar-refractivity contribution in [2.24, 2.45) is 0 Å². The van der Waals surface area contributed by atoms with Gasteiger partial charge in [0, 0.05) is 30.2 Å². The Balaban J connectivity index is 1.69. The summed E-state index contributed by atoms with van der Waals surface area (Å²) in [4.78, 5) is 9.26. The smallest absolute Gasteiger partial charge is 0.413 e. The Bertz CT molecular complexity index is 1430. The average molecular weight is 562 g/mol. The number of nitrogens with zero attached hydrogens (tertiary/aromatic N) is 3. The fraction of sp³-hybridized carbons (Fsp3) is 0.385. The first-order chi connectivity index (χ1) is 18.2. The standard InChI is InChI=1S/C26H33ClN5O5P/c1-5-35-16-23-30-24-25(21-8-6-7-9-22(21)29-26(24)28)32(23)14-18(3)36-38(33,31-17(2)15-34-4)37-20-12-10-19(27)11-13-20/h6-13,17-18H,5,14-16H2,1-4H3,(H2,28,29)(H,31,33)/t17-,18-,38-/m0/s1. The van der Waals surface area contributed by atoms with Crippen LogP contribution in [0.2, 0.25) is 5.02 Å². The molecule has 0 aliphatic rings. The highest BCUT2D eigenvalue weighted by atomic mass is 35.5. The van der Waals surface area contributed by atoms with Gasteiger partial charge in [0.2, 0.25) is 0 Å². The topological polar surface area (TPSA) is 123 Å². The zero-order chi connectivity index (χ0) is 27.3. The minimum absolute atomic E-state index is 0.272. The molecule has 0 amide bonds. The first kappa shape index (κ1) is 28.3. The molecular formula is C26H33ClN5O5P. The van der Waals surface area contributed by atoms with E-state index >= 15 is 0 Å². The third-order valence-corrected chi connectivity index (χ3v) is 7.82. The van der Waals surface area contributed by atoms with E-state index in [1.165, 1.54) is 0 Å². The lowest BCUT2D eigenvalue weighted by molar-refractivity contribution is 0.120. The van der Waals surface area contributed by atoms with Crippen LogP contribution in [0.5, 0.6) is 5.75 Å². The summed E-state index contributed by atoms with van der Waals surface area (Å²) >= 11 is 6.00. The Morgan fingerprint density at radius 2 is 1.87 bits per heavy atom. The molecule has 0 spiro atoms. The van der Waals surface area contributed by atoms with E-state index in [9.17, 15) is 4.57 Å². The molecule has 0 aliphatic carbocycles. The molecule has 0 saturated heterocycles. The third kappa shape index (κ3) is 6.64. The highest BCUT2D eigenvalue weighted by Gasteiger charge is 2.32. The van der Waals surface area contributed by atoms with Crippen LogP contribution in [0, 0.1) is 0 Å². The lowest BCUT2D eigenvalue weighted by atomic mass is 10.2. The molecule has 0 unspecified atom stereocenters. The molecule has 4 aromatic rings. The molecule has 38 heavy (non-hydrogen) atoms. The normalized spacial score (nSPS) is 15.0. The van der Waals surface area contributed by atoms with Crippen molar-refractivity contribution in [1.82, 2.24) is 19.6 Å². The van der Waals surface area contributed by atoms with Crippen LogP contribution in [0.25, 0.3) is 21.9 Å². The van der Waals surface area contributed by atoms with Gasteiger partial charge in [0.05, 0.1) is 30.3 Å². The molecule has 0 bridgehead atoms. The van der Waals surface area contributed by atoms with E-state index in [0.29, 0.717) is 47.7 Å². The Labute approximate surface area is 227 Å². The summed E-state index contributed by atoms with van der Waals surface area (Å²) in [7, 11) is -2.28. The van der Waals surface area contributed by atoms with Gasteiger partial charge in [-0.05, 0) is 51.1 Å². The monoisotopic (exact) mass is 561 g/mol. The van der Waals surface area contributed by atoms with Gasteiger partial charge in [0.1, 0.15) is 23.7 Å². The second-order valence-corrected chi connectivity index (χ2v) is 11.0. The molecule has 12 heteroatoms. The molecule has 4 rings (SSSR count). The molecule has 0 radical (unpaired) electrons. The summed E-state index contributed by atoms with van der Waals surface area (Å²) in [6.07, 6.45) is -0.568. The van der Waals surface area contributed by atoms with Crippen LogP contribution in [0.1, 0.15) is 26.6 Å². The minimum Gasteiger partial charge on any atom is -0.413 e. The van der Waals surface area contributed by atoms with Gasteiger partial charge in [0.25, 0.3) is 0 Å². The largest absolute Gasteiger partial charge is 0.459 e. The summed E-state index contributed by atoms with van der Waals surface area (Å²) in [6, 6.07) is 14.0. The van der Waals surface area contributed by atoms with Crippen molar-refractivity contribution < 1.29 is 23.1 Å². The van der Waals surface area contributed by atoms with Crippen molar-refractivity contribution in [1.29, 1.82) is 0 Å². The number of anilines is 1. The number of aromatic nitrogens is 3. The van der Waals surface area contributed by atoms with E-state index in [0.717, 1.165) is 16.4 Å². The van der Waals surface area contributed by atoms with Crippen molar-refractivity contribution in [3.8, 4) is 5.75 Å². The van der Waals surface area contributed by atoms with Crippen molar-refractivity contribution in [2.75, 3.05) is 26.1 Å². The van der Waals surface area contributed by atoms with Crippen molar-refractivity contribution in [3.05, 3.63) is 59.4 Å². The molecule has 2 aromatic carbocycles. The van der Waals surface area contributed by atoms with Gasteiger partial charge in [-0.3, -0.25) is 4.52 Å². The number of methoxy groups -OCH3 is 1. The molecule has 3 N–H and O–H groups in total. The van der Waals surface area contributed by atoms with E-state index in [1.54, 1.807) is 31.4 Å². The predicted molar refractivity (Wildman–Crippen MR) is 149 cm³/mol. The first-order valence-corrected chi connectivity index (χ1v) is 14.3. The molecule has 2 heterocycles. The van der Waals surface area contributed by atoms with Crippen LogP contribution in [0.4, 0.5) is 5.82 Å². The van der Waals surface area contributed by atoms with Gasteiger partial charge in [-0.1, -0.05) is 29.8 Å². The summed E-state index contributed by atoms with van der Waals surface area (Å²) in [5.74, 6) is 1.35. The van der Waals surface area contributed by atoms with Gasteiger partial charge in [-0.15, -0.1) is 0 Å². The fourth-order valence-corrected chi connectivity index (χ4v) is 6.04. The van der Waals surface area contributed by atoms with E-state index in [1.807, 2.05) is 49.6 Å². The molecule has 10 nitrogen and oxygen atoms in total. The summed E-state index contributed by atoms with van der Waals surface area (Å²) in [6.45, 7) is 6.99. The van der Waals surface area contributed by atoms with Gasteiger partial charge in [-0.2, -0.15) is 0 Å². The van der Waals surface area contributed by atoms with E-state index in [-0.39, 0.29) is 12.6 Å². The molecule has 0 saturated carbocycles. The number of benzene rings is 2. The molecule has 204 valence electrons. The average Bonchev–Trinajstić information content (AvgIpc) is 3.22. The summed E-state index contributed by atoms with van der Waals surface area (Å²) in [5.41, 5.74) is 8.44. The maximum absolute atomic E-state index is 14.0. The number of nitrogen functional groups attached to an aromatic ring is 1. The number of ether oxygens (including phenoxy) is 2. The quantitative estimate of drug-likeness (QED) is 0.201. The lowest BCUT2D eigenvalue weighted by Crippen LogP contribution is -2.32. The summed E-state index contributed by atoms with van der Waals surface area (Å²) < 4.78 is 38.8. The van der Waals surface area contributed by atoms with Crippen LogP contribution in [0.3, 0.4) is 0 Å². The van der Waals surface area contributed by atoms with Gasteiger partial charge < -0.3 is 24.3 Å². The first-order valence-electron chi connectivity index (χ1n) is 12.3. The Morgan fingerprint density at radius 1 is 1.13 bits per heavy atom. The van der Waals surface area contributed by atoms with Crippen LogP contribution in [-0.4, -0.2) is 47.0 Å². The Morgan fingerprint density at radius 3 is 2.58 bits per heavy atom. The maximum atomic E-state index is 14.0. The summed E-state index contributed by atoms with van der Waals surface area (Å²) in [5, 5.41) is 4.40. The number of hydrogen-bond donors (Lipinski definition) is 2. The number of rotatable bonds is 13. The SMILES string of the molecule is CCOCc1nc2c(N)nc3ccccc3c2n1C[C@H](C)O[P@@](=O)(N[C@@H](C)COC)Oc1ccc(Cl)cc1. The number of hydrogen-bond acceptors (Lipinski definition) is 8. The molecule has 0 fully saturated rings. The molecular weight excluding hydrogens is 529 g/mol. The number of nitrogens with two attached hydrogens (primary N) is 1. The molecule has 2 aromatic heterocycles. The second-order valence-electron chi connectivity index (χ2n) is 8.93. The van der Waals surface area contributed by atoms with Crippen LogP contribution in [0.15, 0.2) is 48.5 Å². The zero-order valence-electron chi connectivity index (χ0n) is 21.9. The van der Waals surface area contributed by atoms with Crippen LogP contribution in [-0.2, 0) is 31.7 Å². The Kier molecular flexibility index (Phi) is 9.25. The number of para-hydroxylation sites is 1. The van der Waals surface area contributed by atoms with Crippen molar-refractivity contribution >= 4 is 47.1 Å². The van der Waals surface area contributed by atoms with Crippen LogP contribution >= 0.6 is 19.3 Å². The predicted octanol–water partition coefficient (Wildman–Crippen LogP) is 5.57. The van der Waals surface area contributed by atoms with Gasteiger partial charge in [-0.25, -0.2) is 19.6 Å². The molecule has 0 aliphatic heterocycles. The fourth-order valence-electron chi connectivity index (χ4n) is 4.20. The second kappa shape index (κ2) is 12.4. The Hall–Kier alpha value is -2.72. The van der Waals surface area contributed by atoms with Crippen LogP contribution < -0.4 is 15.3 Å². The van der Waals surface area contributed by atoms with Gasteiger partial charge in [0.15, 0.2) is 5.82 Å². The van der Waals surface area contributed by atoms with E-state index in [4.69, 9.17) is 40.8 Å². The van der Waals surface area contributed by atoms with Crippen molar-refractivity contribution in [3.63, 3.8) is 0 Å². The number of fused-ring (bicyclic) bond motifs is 3. The number of imidazole rings is 1. The van der Waals surface area contributed by atoms with E-state index in [2.05, 4.69) is 10.1 Å². The lowest BCUT2D eigenvalue weighted by Gasteiger charge is -2.26. The van der Waals surface area contributed by atoms with E-state index < -0.39 is 13.9 Å². The highest BCUT2D eigenvalue weighted by molar-refractivity contribution is 7.52.